The summed E-state index contributed by atoms with van der Waals surface area (Å²) < 4.78 is 4.85. The Morgan fingerprint density at radius 1 is 1.58 bits per heavy atom. The molecule has 0 aliphatic carbocycles. The maximum Gasteiger partial charge on any atom is 0.0947 e. The van der Waals surface area contributed by atoms with Crippen LogP contribution in [0.5, 0.6) is 0 Å². The largest absolute Gasteiger partial charge is 0.472 e. The summed E-state index contributed by atoms with van der Waals surface area (Å²) in [7, 11) is 0. The summed E-state index contributed by atoms with van der Waals surface area (Å²) in [6.45, 7) is 0.827. The van der Waals surface area contributed by atoms with Crippen LogP contribution in [0.2, 0.25) is 0 Å². The van der Waals surface area contributed by atoms with Crippen LogP contribution in [0, 0.1) is 0 Å². The molecule has 0 aliphatic rings. The quantitative estimate of drug-likeness (QED) is 0.570. The first kappa shape index (κ1) is 9.25. The van der Waals surface area contributed by atoms with Crippen molar-refractivity contribution in [2.45, 2.75) is 12.6 Å². The zero-order valence-corrected chi connectivity index (χ0v) is 6.73. The van der Waals surface area contributed by atoms with E-state index in [1.807, 2.05) is 6.07 Å². The Morgan fingerprint density at radius 3 is 3.00 bits per heavy atom. The van der Waals surface area contributed by atoms with Crippen molar-refractivity contribution in [3.63, 3.8) is 0 Å². The van der Waals surface area contributed by atoms with Gasteiger partial charge in [-0.25, -0.2) is 0 Å². The Labute approximate surface area is 70.8 Å². The third kappa shape index (κ3) is 3.04. The molecule has 0 amide bonds. The van der Waals surface area contributed by atoms with Gasteiger partial charge in [-0.2, -0.15) is 0 Å². The Morgan fingerprint density at radius 2 is 2.42 bits per heavy atom. The minimum atomic E-state index is -0.683. The van der Waals surface area contributed by atoms with Gasteiger partial charge < -0.3 is 19.9 Å². The Bertz CT molecular complexity index is 198. The molecule has 0 radical (unpaired) electrons. The van der Waals surface area contributed by atoms with Gasteiger partial charge in [-0.1, -0.05) is 0 Å². The van der Waals surface area contributed by atoms with Crippen LogP contribution in [0.4, 0.5) is 0 Å². The van der Waals surface area contributed by atoms with Gasteiger partial charge in [-0.05, 0) is 6.07 Å². The molecule has 0 unspecified atom stereocenters. The average Bonchev–Trinajstić information content (AvgIpc) is 2.57. The maximum atomic E-state index is 8.95. The highest BCUT2D eigenvalue weighted by Gasteiger charge is 2.00. The van der Waals surface area contributed by atoms with E-state index in [2.05, 4.69) is 5.32 Å². The maximum absolute atomic E-state index is 8.95. The van der Waals surface area contributed by atoms with E-state index in [-0.39, 0.29) is 6.61 Å². The van der Waals surface area contributed by atoms with Crippen molar-refractivity contribution in [1.29, 1.82) is 0 Å². The highest BCUT2D eigenvalue weighted by atomic mass is 16.3. The number of aliphatic hydroxyl groups is 2. The summed E-state index contributed by atoms with van der Waals surface area (Å²) in [4.78, 5) is 0. The highest BCUT2D eigenvalue weighted by molar-refractivity contribution is 5.04. The van der Waals surface area contributed by atoms with Crippen LogP contribution in [-0.2, 0) is 6.54 Å². The van der Waals surface area contributed by atoms with E-state index in [1.54, 1.807) is 12.5 Å². The van der Waals surface area contributed by atoms with Crippen molar-refractivity contribution in [3.05, 3.63) is 24.2 Å². The zero-order valence-electron chi connectivity index (χ0n) is 6.73. The molecule has 0 saturated heterocycles. The summed E-state index contributed by atoms with van der Waals surface area (Å²) in [5.74, 6) is 0. The molecule has 1 aromatic rings. The molecule has 0 bridgehead atoms. The van der Waals surface area contributed by atoms with E-state index in [9.17, 15) is 0 Å². The summed E-state index contributed by atoms with van der Waals surface area (Å²) in [6, 6.07) is 1.85. The first-order chi connectivity index (χ1) is 5.83. The molecule has 4 heteroatoms. The van der Waals surface area contributed by atoms with E-state index < -0.39 is 6.10 Å². The molecule has 3 N–H and O–H groups in total. The molecule has 68 valence electrons. The van der Waals surface area contributed by atoms with Gasteiger partial charge in [0.05, 0.1) is 25.2 Å². The van der Waals surface area contributed by atoms with Gasteiger partial charge >= 0.3 is 0 Å². The fraction of sp³-hybridized carbons (Fsp3) is 0.500. The van der Waals surface area contributed by atoms with E-state index in [0.29, 0.717) is 13.1 Å². The summed E-state index contributed by atoms with van der Waals surface area (Å²) in [6.07, 6.45) is 2.55. The fourth-order valence-electron chi connectivity index (χ4n) is 0.841. The molecule has 0 aromatic carbocycles. The number of hydrogen-bond acceptors (Lipinski definition) is 4. The Balaban J connectivity index is 2.11. The van der Waals surface area contributed by atoms with Crippen molar-refractivity contribution in [1.82, 2.24) is 5.32 Å². The number of nitrogens with one attached hydrogen (secondary N) is 1. The molecular weight excluding hydrogens is 158 g/mol. The fourth-order valence-corrected chi connectivity index (χ4v) is 0.841. The lowest BCUT2D eigenvalue weighted by atomic mass is 10.3. The Hall–Kier alpha value is -0.840. The van der Waals surface area contributed by atoms with Crippen LogP contribution in [0.15, 0.2) is 23.0 Å². The number of furan rings is 1. The van der Waals surface area contributed by atoms with Gasteiger partial charge in [0.15, 0.2) is 0 Å². The first-order valence-electron chi connectivity index (χ1n) is 3.83. The highest BCUT2D eigenvalue weighted by Crippen LogP contribution is 1.98. The van der Waals surface area contributed by atoms with Crippen LogP contribution >= 0.6 is 0 Å². The normalized spacial score (nSPS) is 13.2. The van der Waals surface area contributed by atoms with E-state index in [4.69, 9.17) is 14.6 Å². The van der Waals surface area contributed by atoms with Gasteiger partial charge in [0.25, 0.3) is 0 Å². The second kappa shape index (κ2) is 4.92. The molecule has 0 aliphatic heterocycles. The summed E-state index contributed by atoms with van der Waals surface area (Å²) in [5, 5.41) is 20.4. The average molecular weight is 171 g/mol. The van der Waals surface area contributed by atoms with Crippen LogP contribution in [0.3, 0.4) is 0 Å². The topological polar surface area (TPSA) is 65.6 Å². The van der Waals surface area contributed by atoms with Crippen LogP contribution in [-0.4, -0.2) is 29.5 Å². The molecule has 0 fully saturated rings. The minimum Gasteiger partial charge on any atom is -0.472 e. The van der Waals surface area contributed by atoms with Gasteiger partial charge in [0.1, 0.15) is 0 Å². The predicted octanol–water partition coefficient (Wildman–Crippen LogP) is -0.278. The summed E-state index contributed by atoms with van der Waals surface area (Å²) >= 11 is 0. The van der Waals surface area contributed by atoms with Gasteiger partial charge in [-0.15, -0.1) is 0 Å². The van der Waals surface area contributed by atoms with Crippen LogP contribution < -0.4 is 5.32 Å². The third-order valence-corrected chi connectivity index (χ3v) is 1.50. The second-order valence-corrected chi connectivity index (χ2v) is 2.60. The smallest absolute Gasteiger partial charge is 0.0947 e. The molecule has 1 heterocycles. The lowest BCUT2D eigenvalue weighted by Crippen LogP contribution is -2.28. The monoisotopic (exact) mass is 171 g/mol. The molecule has 12 heavy (non-hydrogen) atoms. The van der Waals surface area contributed by atoms with Gasteiger partial charge in [0.2, 0.25) is 0 Å². The molecule has 1 aromatic heterocycles. The SMILES string of the molecule is OC[C@@H](O)CNCc1ccoc1. The van der Waals surface area contributed by atoms with Crippen molar-refractivity contribution in [3.8, 4) is 0 Å². The molecule has 1 atom stereocenters. The zero-order chi connectivity index (χ0) is 8.81. The van der Waals surface area contributed by atoms with Crippen molar-refractivity contribution < 1.29 is 14.6 Å². The van der Waals surface area contributed by atoms with Crippen molar-refractivity contribution in [2.75, 3.05) is 13.2 Å². The lowest BCUT2D eigenvalue weighted by molar-refractivity contribution is 0.0942. The predicted molar refractivity (Wildman–Crippen MR) is 43.5 cm³/mol. The summed E-state index contributed by atoms with van der Waals surface area (Å²) in [5.41, 5.74) is 1.03. The number of aliphatic hydroxyl groups excluding tert-OH is 2. The van der Waals surface area contributed by atoms with Crippen LogP contribution in [0.25, 0.3) is 0 Å². The molecule has 1 rings (SSSR count). The lowest BCUT2D eigenvalue weighted by Gasteiger charge is -2.06. The molecule has 4 nitrogen and oxygen atoms in total. The van der Waals surface area contributed by atoms with Crippen molar-refractivity contribution in [2.24, 2.45) is 0 Å². The van der Waals surface area contributed by atoms with Gasteiger partial charge in [0, 0.05) is 18.7 Å². The molecule has 0 spiro atoms. The standard InChI is InChI=1S/C8H13NO3/c10-5-8(11)4-9-3-7-1-2-12-6-7/h1-2,6,8-11H,3-5H2/t8-/m0/s1. The minimum absolute atomic E-state index is 0.210. The van der Waals surface area contributed by atoms with Crippen LogP contribution in [0.1, 0.15) is 5.56 Å². The Kier molecular flexibility index (Phi) is 3.79. The second-order valence-electron chi connectivity index (χ2n) is 2.60. The van der Waals surface area contributed by atoms with E-state index in [0.717, 1.165) is 5.56 Å². The van der Waals surface area contributed by atoms with Crippen molar-refractivity contribution >= 4 is 0 Å². The third-order valence-electron chi connectivity index (χ3n) is 1.50. The number of rotatable bonds is 5. The molecular formula is C8H13NO3. The van der Waals surface area contributed by atoms with E-state index in [1.165, 1.54) is 0 Å². The number of hydrogen-bond donors (Lipinski definition) is 3. The van der Waals surface area contributed by atoms with Gasteiger partial charge in [-0.3, -0.25) is 0 Å². The molecule has 0 saturated carbocycles. The first-order valence-corrected chi connectivity index (χ1v) is 3.83. The van der Waals surface area contributed by atoms with E-state index >= 15 is 0 Å².